The first-order chi connectivity index (χ1) is 7.50. The Labute approximate surface area is 101 Å². The number of fused-ring (bicyclic) bond motifs is 1. The van der Waals surface area contributed by atoms with Crippen molar-refractivity contribution in [3.63, 3.8) is 0 Å². The number of benzene rings is 1. The van der Waals surface area contributed by atoms with E-state index in [4.69, 9.17) is 11.6 Å². The minimum absolute atomic E-state index is 0.102. The van der Waals surface area contributed by atoms with Crippen LogP contribution in [0, 0.1) is 6.92 Å². The van der Waals surface area contributed by atoms with Crippen LogP contribution in [0.25, 0.3) is 11.0 Å². The fourth-order valence-corrected chi connectivity index (χ4v) is 2.01. The molecule has 0 bridgehead atoms. The number of aryl methyl sites for hydroxylation is 1. The second-order valence-electron chi connectivity index (χ2n) is 4.24. The second-order valence-corrected chi connectivity index (χ2v) is 4.89. The van der Waals surface area contributed by atoms with E-state index in [1.165, 1.54) is 5.56 Å². The predicted molar refractivity (Wildman–Crippen MR) is 68.8 cm³/mol. The van der Waals surface area contributed by atoms with Crippen LogP contribution in [0.15, 0.2) is 18.2 Å². The Hall–Kier alpha value is -1.22. The van der Waals surface area contributed by atoms with E-state index < -0.39 is 0 Å². The zero-order valence-electron chi connectivity index (χ0n) is 10.0. The van der Waals surface area contributed by atoms with Gasteiger partial charge in [0.25, 0.3) is 0 Å². The van der Waals surface area contributed by atoms with Crippen LogP contribution in [-0.2, 0) is 0 Å². The predicted octanol–water partition coefficient (Wildman–Crippen LogP) is 2.84. The van der Waals surface area contributed by atoms with Crippen molar-refractivity contribution in [2.75, 3.05) is 19.1 Å². The van der Waals surface area contributed by atoms with Crippen molar-refractivity contribution < 1.29 is 0 Å². The summed E-state index contributed by atoms with van der Waals surface area (Å²) in [5.41, 5.74) is 3.32. The molecule has 0 aliphatic rings. The third-order valence-corrected chi connectivity index (χ3v) is 2.76. The average molecular weight is 238 g/mol. The largest absolute Gasteiger partial charge is 0.317 e. The lowest BCUT2D eigenvalue weighted by Gasteiger charge is -2.19. The zero-order chi connectivity index (χ0) is 11.9. The first-order valence-electron chi connectivity index (χ1n) is 5.31. The number of rotatable bonds is 2. The molecule has 0 saturated heterocycles. The third kappa shape index (κ3) is 1.76. The molecule has 0 radical (unpaired) electrons. The quantitative estimate of drug-likeness (QED) is 0.749. The molecule has 4 heteroatoms. The van der Waals surface area contributed by atoms with Crippen LogP contribution >= 0.6 is 11.6 Å². The number of aromatic nitrogens is 2. The summed E-state index contributed by atoms with van der Waals surface area (Å²) in [7, 11) is 3.98. The highest BCUT2D eigenvalue weighted by atomic mass is 35.5. The lowest BCUT2D eigenvalue weighted by Crippen LogP contribution is -2.27. The highest BCUT2D eigenvalue weighted by molar-refractivity contribution is 6.20. The van der Waals surface area contributed by atoms with Gasteiger partial charge in [-0.15, -0.1) is 11.6 Å². The Morgan fingerprint density at radius 1 is 1.38 bits per heavy atom. The van der Waals surface area contributed by atoms with E-state index in [1.54, 1.807) is 0 Å². The maximum absolute atomic E-state index is 6.15. The van der Waals surface area contributed by atoms with Crippen molar-refractivity contribution in [1.82, 2.24) is 9.66 Å². The van der Waals surface area contributed by atoms with Crippen LogP contribution in [0.2, 0.25) is 0 Å². The van der Waals surface area contributed by atoms with Gasteiger partial charge >= 0.3 is 0 Å². The Balaban J connectivity index is 2.77. The molecule has 0 aliphatic heterocycles. The van der Waals surface area contributed by atoms with E-state index in [1.807, 2.05) is 32.1 Å². The molecule has 1 unspecified atom stereocenters. The highest BCUT2D eigenvalue weighted by Crippen LogP contribution is 2.24. The number of imidazole rings is 1. The van der Waals surface area contributed by atoms with Crippen molar-refractivity contribution in [1.29, 1.82) is 0 Å². The molecule has 0 saturated carbocycles. The summed E-state index contributed by atoms with van der Waals surface area (Å²) in [5, 5.41) is 1.90. The number of halogens is 1. The smallest absolute Gasteiger partial charge is 0.146 e. The molecular weight excluding hydrogens is 222 g/mol. The molecule has 0 N–H and O–H groups in total. The monoisotopic (exact) mass is 237 g/mol. The first kappa shape index (κ1) is 11.3. The number of hydrogen-bond donors (Lipinski definition) is 0. The normalized spacial score (nSPS) is 13.1. The van der Waals surface area contributed by atoms with Crippen LogP contribution < -0.4 is 5.01 Å². The summed E-state index contributed by atoms with van der Waals surface area (Å²) in [6.45, 7) is 4.02. The molecule has 0 aliphatic carbocycles. The van der Waals surface area contributed by atoms with Crippen molar-refractivity contribution >= 4 is 22.6 Å². The van der Waals surface area contributed by atoms with E-state index >= 15 is 0 Å². The van der Waals surface area contributed by atoms with Crippen LogP contribution in [0.3, 0.4) is 0 Å². The Kier molecular flexibility index (Phi) is 2.80. The van der Waals surface area contributed by atoms with Crippen molar-refractivity contribution in [3.8, 4) is 0 Å². The van der Waals surface area contributed by atoms with Crippen molar-refractivity contribution in [2.24, 2.45) is 0 Å². The lowest BCUT2D eigenvalue weighted by molar-refractivity contribution is 0.694. The molecular formula is C12H16ClN3. The molecule has 3 nitrogen and oxygen atoms in total. The van der Waals surface area contributed by atoms with Gasteiger partial charge in [0.2, 0.25) is 0 Å². The molecule has 86 valence electrons. The van der Waals surface area contributed by atoms with Gasteiger partial charge in [-0.1, -0.05) is 6.07 Å². The van der Waals surface area contributed by atoms with E-state index in [0.29, 0.717) is 0 Å². The van der Waals surface area contributed by atoms with Gasteiger partial charge in [-0.25, -0.2) is 9.66 Å². The fourth-order valence-electron chi connectivity index (χ4n) is 1.87. The summed E-state index contributed by atoms with van der Waals surface area (Å²) < 4.78 is 2.06. The minimum atomic E-state index is -0.102. The Bertz CT molecular complexity index is 514. The van der Waals surface area contributed by atoms with Crippen LogP contribution in [0.5, 0.6) is 0 Å². The third-order valence-electron chi connectivity index (χ3n) is 2.57. The van der Waals surface area contributed by atoms with Crippen LogP contribution in [-0.4, -0.2) is 23.8 Å². The molecule has 16 heavy (non-hydrogen) atoms. The first-order valence-corrected chi connectivity index (χ1v) is 5.75. The molecule has 2 aromatic rings. The average Bonchev–Trinajstić information content (AvgIpc) is 2.55. The molecule has 0 spiro atoms. The minimum Gasteiger partial charge on any atom is -0.317 e. The lowest BCUT2D eigenvalue weighted by atomic mass is 10.2. The van der Waals surface area contributed by atoms with Gasteiger partial charge < -0.3 is 5.01 Å². The zero-order valence-corrected chi connectivity index (χ0v) is 10.8. The fraction of sp³-hybridized carbons (Fsp3) is 0.417. The summed E-state index contributed by atoms with van der Waals surface area (Å²) in [6.07, 6.45) is 0. The van der Waals surface area contributed by atoms with Gasteiger partial charge in [0.1, 0.15) is 5.82 Å². The molecule has 1 heterocycles. The van der Waals surface area contributed by atoms with Gasteiger partial charge in [0, 0.05) is 14.1 Å². The maximum atomic E-state index is 6.15. The van der Waals surface area contributed by atoms with E-state index in [0.717, 1.165) is 16.9 Å². The highest BCUT2D eigenvalue weighted by Gasteiger charge is 2.15. The van der Waals surface area contributed by atoms with Gasteiger partial charge in [-0.2, -0.15) is 0 Å². The molecule has 1 aromatic heterocycles. The Morgan fingerprint density at radius 3 is 2.62 bits per heavy atom. The van der Waals surface area contributed by atoms with Crippen molar-refractivity contribution in [2.45, 2.75) is 19.2 Å². The summed E-state index contributed by atoms with van der Waals surface area (Å²) >= 11 is 6.15. The van der Waals surface area contributed by atoms with Crippen molar-refractivity contribution in [3.05, 3.63) is 29.6 Å². The molecule has 2 rings (SSSR count). The molecule has 1 atom stereocenters. The van der Waals surface area contributed by atoms with E-state index in [-0.39, 0.29) is 5.38 Å². The van der Waals surface area contributed by atoms with Gasteiger partial charge in [-0.3, -0.25) is 0 Å². The Morgan fingerprint density at radius 2 is 2.06 bits per heavy atom. The van der Waals surface area contributed by atoms with E-state index in [2.05, 4.69) is 28.7 Å². The molecule has 0 fully saturated rings. The SMILES string of the molecule is Cc1ccc2nc(C(C)Cl)n(N(C)C)c2c1. The van der Waals surface area contributed by atoms with Gasteiger partial charge in [-0.05, 0) is 31.5 Å². The maximum Gasteiger partial charge on any atom is 0.146 e. The standard InChI is InChI=1S/C12H16ClN3/c1-8-5-6-10-11(7-8)16(15(3)4)12(14-10)9(2)13/h5-7,9H,1-4H3. The van der Waals surface area contributed by atoms with Gasteiger partial charge in [0.05, 0.1) is 16.4 Å². The number of hydrogen-bond acceptors (Lipinski definition) is 2. The topological polar surface area (TPSA) is 21.1 Å². The number of nitrogens with zero attached hydrogens (tertiary/aromatic N) is 3. The summed E-state index contributed by atoms with van der Waals surface area (Å²) in [5.74, 6) is 0.882. The second kappa shape index (κ2) is 3.98. The van der Waals surface area contributed by atoms with Crippen LogP contribution in [0.4, 0.5) is 0 Å². The van der Waals surface area contributed by atoms with Crippen LogP contribution in [0.1, 0.15) is 23.7 Å². The number of alkyl halides is 1. The molecule has 0 amide bonds. The summed E-state index contributed by atoms with van der Waals surface area (Å²) in [6, 6.07) is 6.23. The van der Waals surface area contributed by atoms with E-state index in [9.17, 15) is 0 Å². The summed E-state index contributed by atoms with van der Waals surface area (Å²) in [4.78, 5) is 4.56. The molecule has 1 aromatic carbocycles. The van der Waals surface area contributed by atoms with Gasteiger partial charge in [0.15, 0.2) is 0 Å².